The summed E-state index contributed by atoms with van der Waals surface area (Å²) in [6, 6.07) is 5.38. The summed E-state index contributed by atoms with van der Waals surface area (Å²) in [5.74, 6) is -0.0351. The molecule has 4 N–H and O–H groups in total. The Kier molecular flexibility index (Phi) is 4.87. The highest BCUT2D eigenvalue weighted by Gasteiger charge is 2.21. The maximum absolute atomic E-state index is 12.1. The first-order chi connectivity index (χ1) is 9.76. The summed E-state index contributed by atoms with van der Waals surface area (Å²) < 4.78 is 49.1. The number of piperidine rings is 1. The summed E-state index contributed by atoms with van der Waals surface area (Å²) in [6.07, 6.45) is 2.88. The van der Waals surface area contributed by atoms with Gasteiger partial charge in [0.1, 0.15) is 0 Å². The van der Waals surface area contributed by atoms with Crippen LogP contribution < -0.4 is 15.2 Å². The third-order valence-electron chi connectivity index (χ3n) is 3.27. The summed E-state index contributed by atoms with van der Waals surface area (Å²) in [5.41, 5.74) is 0.192. The van der Waals surface area contributed by atoms with E-state index < -0.39 is 20.0 Å². The van der Waals surface area contributed by atoms with E-state index in [2.05, 4.69) is 10.0 Å². The first-order valence-electron chi connectivity index (χ1n) is 6.63. The van der Waals surface area contributed by atoms with Crippen LogP contribution in [0.15, 0.2) is 29.2 Å². The first kappa shape index (κ1) is 16.2. The molecule has 1 fully saturated rings. The van der Waals surface area contributed by atoms with E-state index >= 15 is 0 Å². The molecule has 118 valence electrons. The molecule has 0 radical (unpaired) electrons. The molecule has 1 saturated heterocycles. The van der Waals surface area contributed by atoms with Gasteiger partial charge in [-0.05, 0) is 37.6 Å². The summed E-state index contributed by atoms with van der Waals surface area (Å²) >= 11 is 0. The van der Waals surface area contributed by atoms with Crippen molar-refractivity contribution in [3.63, 3.8) is 0 Å². The van der Waals surface area contributed by atoms with Crippen molar-refractivity contribution in [3.05, 3.63) is 24.3 Å². The van der Waals surface area contributed by atoms with Gasteiger partial charge < -0.3 is 5.32 Å². The van der Waals surface area contributed by atoms with Crippen LogP contribution in [-0.4, -0.2) is 35.2 Å². The van der Waals surface area contributed by atoms with Gasteiger partial charge in [0.05, 0.1) is 10.6 Å². The minimum Gasteiger partial charge on any atom is -0.313 e. The van der Waals surface area contributed by atoms with Crippen LogP contribution in [0, 0.1) is 0 Å². The number of benzene rings is 1. The van der Waals surface area contributed by atoms with Crippen molar-refractivity contribution in [2.24, 2.45) is 5.14 Å². The fourth-order valence-electron chi connectivity index (χ4n) is 2.29. The number of hydrogen-bond acceptors (Lipinski definition) is 5. The molecule has 0 aromatic heterocycles. The lowest BCUT2D eigenvalue weighted by molar-refractivity contribution is 0.424. The summed E-state index contributed by atoms with van der Waals surface area (Å²) in [4.78, 5) is -0.126. The number of nitrogens with one attached hydrogen (secondary N) is 2. The van der Waals surface area contributed by atoms with Crippen molar-refractivity contribution in [1.29, 1.82) is 0 Å². The van der Waals surface area contributed by atoms with Crippen LogP contribution in [-0.2, 0) is 20.0 Å². The van der Waals surface area contributed by atoms with E-state index in [9.17, 15) is 16.8 Å². The van der Waals surface area contributed by atoms with Crippen LogP contribution in [0.25, 0.3) is 0 Å². The molecule has 1 aliphatic rings. The van der Waals surface area contributed by atoms with E-state index in [1.165, 1.54) is 24.3 Å². The molecule has 1 atom stereocenters. The second kappa shape index (κ2) is 6.30. The maximum atomic E-state index is 12.1. The molecule has 7 nitrogen and oxygen atoms in total. The van der Waals surface area contributed by atoms with Crippen molar-refractivity contribution >= 4 is 25.7 Å². The molecule has 1 unspecified atom stereocenters. The monoisotopic (exact) mass is 333 g/mol. The van der Waals surface area contributed by atoms with Gasteiger partial charge in [-0.15, -0.1) is 0 Å². The third-order valence-corrected chi connectivity index (χ3v) is 5.57. The molecule has 2 rings (SSSR count). The molecular weight excluding hydrogens is 314 g/mol. The van der Waals surface area contributed by atoms with Crippen molar-refractivity contribution in [3.8, 4) is 0 Å². The smallest absolute Gasteiger partial charge is 0.238 e. The number of sulfonamides is 2. The Balaban J connectivity index is 2.09. The quantitative estimate of drug-likeness (QED) is 0.712. The van der Waals surface area contributed by atoms with Crippen molar-refractivity contribution < 1.29 is 16.8 Å². The predicted molar refractivity (Wildman–Crippen MR) is 80.9 cm³/mol. The molecule has 1 aliphatic heterocycles. The second-order valence-electron chi connectivity index (χ2n) is 5.10. The van der Waals surface area contributed by atoms with Crippen molar-refractivity contribution in [2.45, 2.75) is 30.2 Å². The largest absolute Gasteiger partial charge is 0.313 e. The van der Waals surface area contributed by atoms with Crippen molar-refractivity contribution in [2.75, 3.05) is 17.0 Å². The Morgan fingerprint density at radius 2 is 2.00 bits per heavy atom. The van der Waals surface area contributed by atoms with E-state index in [0.717, 1.165) is 25.8 Å². The Bertz CT molecular complexity index is 695. The van der Waals surface area contributed by atoms with Crippen LogP contribution in [0.5, 0.6) is 0 Å². The van der Waals surface area contributed by atoms with Crippen LogP contribution >= 0.6 is 0 Å². The summed E-state index contributed by atoms with van der Waals surface area (Å²) in [5, 5.41) is 8.19. The van der Waals surface area contributed by atoms with Gasteiger partial charge in [-0.1, -0.05) is 12.5 Å². The highest BCUT2D eigenvalue weighted by Crippen LogP contribution is 2.17. The van der Waals surface area contributed by atoms with Crippen LogP contribution in [0.2, 0.25) is 0 Å². The number of nitrogens with two attached hydrogens (primary N) is 1. The molecule has 21 heavy (non-hydrogen) atoms. The molecule has 0 bridgehead atoms. The normalized spacial score (nSPS) is 20.1. The molecule has 1 aromatic carbocycles. The van der Waals surface area contributed by atoms with E-state index in [1.54, 1.807) is 0 Å². The Hall–Kier alpha value is -1.16. The Labute approximate surface area is 125 Å². The van der Waals surface area contributed by atoms with Crippen LogP contribution in [0.3, 0.4) is 0 Å². The van der Waals surface area contributed by atoms with Crippen LogP contribution in [0.4, 0.5) is 5.69 Å². The number of anilines is 1. The van der Waals surface area contributed by atoms with E-state index in [0.29, 0.717) is 0 Å². The molecule has 0 aliphatic carbocycles. The molecule has 0 amide bonds. The average Bonchev–Trinajstić information content (AvgIpc) is 2.38. The van der Waals surface area contributed by atoms with Gasteiger partial charge in [0.2, 0.25) is 20.0 Å². The number of primary sulfonamides is 1. The molecule has 9 heteroatoms. The molecule has 1 aromatic rings. The summed E-state index contributed by atoms with van der Waals surface area (Å²) in [7, 11) is -7.40. The van der Waals surface area contributed by atoms with Gasteiger partial charge in [0, 0.05) is 11.7 Å². The van der Waals surface area contributed by atoms with Crippen molar-refractivity contribution in [1.82, 2.24) is 5.32 Å². The zero-order valence-corrected chi connectivity index (χ0v) is 13.1. The van der Waals surface area contributed by atoms with E-state index in [4.69, 9.17) is 5.14 Å². The van der Waals surface area contributed by atoms with Gasteiger partial charge in [-0.3, -0.25) is 4.72 Å². The SMILES string of the molecule is NS(=O)(=O)c1cccc(NS(=O)(=O)CC2CCCCN2)c1. The second-order valence-corrected chi connectivity index (χ2v) is 8.43. The molecule has 0 spiro atoms. The zero-order valence-electron chi connectivity index (χ0n) is 11.4. The third kappa shape index (κ3) is 4.95. The Morgan fingerprint density at radius 1 is 1.24 bits per heavy atom. The van der Waals surface area contributed by atoms with Gasteiger partial charge >= 0.3 is 0 Å². The highest BCUT2D eigenvalue weighted by atomic mass is 32.2. The fraction of sp³-hybridized carbons (Fsp3) is 0.500. The van der Waals surface area contributed by atoms with Gasteiger partial charge in [0.15, 0.2) is 0 Å². The number of rotatable bonds is 5. The van der Waals surface area contributed by atoms with Crippen LogP contribution in [0.1, 0.15) is 19.3 Å². The molecular formula is C12H19N3O4S2. The lowest BCUT2D eigenvalue weighted by atomic mass is 10.1. The maximum Gasteiger partial charge on any atom is 0.238 e. The lowest BCUT2D eigenvalue weighted by Crippen LogP contribution is -2.40. The van der Waals surface area contributed by atoms with Gasteiger partial charge in [-0.2, -0.15) is 0 Å². The Morgan fingerprint density at radius 3 is 2.62 bits per heavy atom. The van der Waals surface area contributed by atoms with Gasteiger partial charge in [0.25, 0.3) is 0 Å². The molecule has 0 saturated carbocycles. The molecule has 1 heterocycles. The average molecular weight is 333 g/mol. The summed E-state index contributed by atoms with van der Waals surface area (Å²) in [6.45, 7) is 0.821. The standard InChI is InChI=1S/C12H19N3O4S2/c13-21(18,19)12-6-3-5-10(8-12)15-20(16,17)9-11-4-1-2-7-14-11/h3,5-6,8,11,14-15H,1-2,4,7,9H2,(H2,13,18,19). The highest BCUT2D eigenvalue weighted by molar-refractivity contribution is 7.92. The first-order valence-corrected chi connectivity index (χ1v) is 9.83. The lowest BCUT2D eigenvalue weighted by Gasteiger charge is -2.23. The number of hydrogen-bond donors (Lipinski definition) is 3. The topological polar surface area (TPSA) is 118 Å². The van der Waals surface area contributed by atoms with E-state index in [-0.39, 0.29) is 22.4 Å². The fourth-order valence-corrected chi connectivity index (χ4v) is 4.23. The zero-order chi connectivity index (χ0) is 15.5. The minimum absolute atomic E-state index is 0.0351. The van der Waals surface area contributed by atoms with E-state index in [1.807, 2.05) is 0 Å². The minimum atomic E-state index is -3.86. The predicted octanol–water partition coefficient (Wildman–Crippen LogP) is 0.218. The van der Waals surface area contributed by atoms with Gasteiger partial charge in [-0.25, -0.2) is 22.0 Å².